The Labute approximate surface area is 118 Å². The molecule has 2 rings (SSSR count). The first-order chi connectivity index (χ1) is 8.97. The van der Waals surface area contributed by atoms with Crippen LogP contribution in [0.5, 0.6) is 11.5 Å². The highest BCUT2D eigenvalue weighted by molar-refractivity contribution is 9.10. The monoisotopic (exact) mass is 321 g/mol. The first-order valence-electron chi connectivity index (χ1n) is 5.54. The fourth-order valence-electron chi connectivity index (χ4n) is 1.65. The summed E-state index contributed by atoms with van der Waals surface area (Å²) in [5, 5.41) is 9.14. The number of aryl methyl sites for hydroxylation is 1. The Hall–Kier alpha value is -2.01. The zero-order valence-corrected chi connectivity index (χ0v) is 11.8. The molecule has 0 aliphatic rings. The van der Waals surface area contributed by atoms with Gasteiger partial charge in [0.15, 0.2) is 0 Å². The summed E-state index contributed by atoms with van der Waals surface area (Å²) < 4.78 is 6.59. The topological polar surface area (TPSA) is 72.5 Å². The van der Waals surface area contributed by atoms with Crippen LogP contribution in [-0.2, 0) is 0 Å². The maximum atomic E-state index is 11.2. The minimum Gasteiger partial charge on any atom is -0.478 e. The Morgan fingerprint density at radius 2 is 1.89 bits per heavy atom. The van der Waals surface area contributed by atoms with E-state index in [1.165, 1.54) is 6.07 Å². The van der Waals surface area contributed by atoms with Gasteiger partial charge >= 0.3 is 5.97 Å². The number of carbonyl (C=O) groups is 1. The van der Waals surface area contributed by atoms with Crippen LogP contribution in [0.3, 0.4) is 0 Å². The molecule has 2 aromatic rings. The smallest absolute Gasteiger partial charge is 0.339 e. The van der Waals surface area contributed by atoms with Crippen LogP contribution in [0.2, 0.25) is 0 Å². The van der Waals surface area contributed by atoms with Crippen LogP contribution in [0, 0.1) is 6.92 Å². The molecular formula is C14H12BrNO3. The second kappa shape index (κ2) is 5.32. The maximum absolute atomic E-state index is 11.2. The lowest BCUT2D eigenvalue weighted by Gasteiger charge is -2.11. The normalized spacial score (nSPS) is 10.2. The van der Waals surface area contributed by atoms with Gasteiger partial charge in [0, 0.05) is 10.2 Å². The highest BCUT2D eigenvalue weighted by atomic mass is 79.9. The molecule has 0 amide bonds. The number of carboxylic acid groups (broad SMARTS) is 1. The summed E-state index contributed by atoms with van der Waals surface area (Å²) in [5.41, 5.74) is 6.92. The van der Waals surface area contributed by atoms with Crippen molar-refractivity contribution in [3.8, 4) is 11.5 Å². The minimum atomic E-state index is -1.07. The average molecular weight is 322 g/mol. The van der Waals surface area contributed by atoms with Crippen molar-refractivity contribution >= 4 is 27.6 Å². The molecule has 0 atom stereocenters. The highest BCUT2D eigenvalue weighted by Gasteiger charge is 2.13. The number of anilines is 1. The van der Waals surface area contributed by atoms with Gasteiger partial charge in [-0.3, -0.25) is 0 Å². The largest absolute Gasteiger partial charge is 0.478 e. The summed E-state index contributed by atoms with van der Waals surface area (Å²) in [6.07, 6.45) is 0. The molecule has 0 fully saturated rings. The fourth-order valence-corrected chi connectivity index (χ4v) is 2.13. The van der Waals surface area contributed by atoms with Gasteiger partial charge in [0.1, 0.15) is 17.1 Å². The van der Waals surface area contributed by atoms with E-state index in [9.17, 15) is 4.79 Å². The van der Waals surface area contributed by atoms with E-state index in [4.69, 9.17) is 15.6 Å². The Bertz CT molecular complexity index is 641. The number of aromatic carboxylic acids is 1. The van der Waals surface area contributed by atoms with Crippen molar-refractivity contribution in [3.63, 3.8) is 0 Å². The fraction of sp³-hybridized carbons (Fsp3) is 0.0714. The summed E-state index contributed by atoms with van der Waals surface area (Å²) in [7, 11) is 0. The molecule has 5 heteroatoms. The van der Waals surface area contributed by atoms with Crippen molar-refractivity contribution in [3.05, 3.63) is 52.0 Å². The molecule has 0 unspecified atom stereocenters. The molecule has 0 aliphatic carbocycles. The number of nitrogen functional groups attached to an aromatic ring is 1. The van der Waals surface area contributed by atoms with E-state index in [1.807, 2.05) is 19.1 Å². The number of ether oxygens (including phenoxy) is 1. The predicted molar refractivity (Wildman–Crippen MR) is 76.8 cm³/mol. The first-order valence-corrected chi connectivity index (χ1v) is 6.33. The van der Waals surface area contributed by atoms with Crippen LogP contribution < -0.4 is 10.5 Å². The van der Waals surface area contributed by atoms with E-state index in [-0.39, 0.29) is 11.3 Å². The first kappa shape index (κ1) is 13.4. The quantitative estimate of drug-likeness (QED) is 0.843. The maximum Gasteiger partial charge on any atom is 0.339 e. The summed E-state index contributed by atoms with van der Waals surface area (Å²) in [6.45, 7) is 1.89. The molecule has 98 valence electrons. The second-order valence-electron chi connectivity index (χ2n) is 4.07. The molecule has 4 nitrogen and oxygen atoms in total. The Kier molecular flexibility index (Phi) is 3.76. The van der Waals surface area contributed by atoms with E-state index in [0.717, 1.165) is 10.0 Å². The van der Waals surface area contributed by atoms with E-state index >= 15 is 0 Å². The van der Waals surface area contributed by atoms with Gasteiger partial charge in [-0.25, -0.2) is 4.79 Å². The van der Waals surface area contributed by atoms with Gasteiger partial charge in [-0.1, -0.05) is 15.9 Å². The lowest BCUT2D eigenvalue weighted by atomic mass is 10.1. The van der Waals surface area contributed by atoms with Gasteiger partial charge in [0.05, 0.1) is 0 Å². The molecule has 0 radical (unpaired) electrons. The standard InChI is InChI=1S/C14H12BrNO3/c1-8-6-9(15)2-4-12(8)19-13-5-3-10(16)7-11(13)14(17)18/h2-7H,16H2,1H3,(H,17,18). The van der Waals surface area contributed by atoms with Crippen molar-refractivity contribution in [2.24, 2.45) is 0 Å². The van der Waals surface area contributed by atoms with Gasteiger partial charge in [0.25, 0.3) is 0 Å². The molecule has 0 aliphatic heterocycles. The van der Waals surface area contributed by atoms with Crippen molar-refractivity contribution < 1.29 is 14.6 Å². The summed E-state index contributed by atoms with van der Waals surface area (Å²) >= 11 is 3.36. The minimum absolute atomic E-state index is 0.0438. The van der Waals surface area contributed by atoms with Crippen molar-refractivity contribution in [1.82, 2.24) is 0 Å². The number of benzene rings is 2. The van der Waals surface area contributed by atoms with Crippen LogP contribution in [0.25, 0.3) is 0 Å². The lowest BCUT2D eigenvalue weighted by Crippen LogP contribution is -2.02. The number of nitrogens with two attached hydrogens (primary N) is 1. The van der Waals surface area contributed by atoms with E-state index < -0.39 is 5.97 Å². The summed E-state index contributed by atoms with van der Waals surface area (Å²) in [5.74, 6) is -0.195. The predicted octanol–water partition coefficient (Wildman–Crippen LogP) is 3.83. The number of halogens is 1. The molecule has 0 saturated heterocycles. The third-order valence-corrected chi connectivity index (χ3v) is 3.08. The van der Waals surface area contributed by atoms with E-state index in [1.54, 1.807) is 18.2 Å². The zero-order valence-electron chi connectivity index (χ0n) is 10.2. The van der Waals surface area contributed by atoms with Gasteiger partial charge in [-0.2, -0.15) is 0 Å². The molecule has 0 saturated carbocycles. The lowest BCUT2D eigenvalue weighted by molar-refractivity contribution is 0.0694. The molecule has 19 heavy (non-hydrogen) atoms. The van der Waals surface area contributed by atoms with Crippen molar-refractivity contribution in [2.75, 3.05) is 5.73 Å². The highest BCUT2D eigenvalue weighted by Crippen LogP contribution is 2.30. The van der Waals surface area contributed by atoms with Crippen molar-refractivity contribution in [2.45, 2.75) is 6.92 Å². The van der Waals surface area contributed by atoms with Crippen LogP contribution in [0.15, 0.2) is 40.9 Å². The number of hydrogen-bond donors (Lipinski definition) is 2. The van der Waals surface area contributed by atoms with Crippen LogP contribution >= 0.6 is 15.9 Å². The van der Waals surface area contributed by atoms with Gasteiger partial charge in [-0.05, 0) is 48.9 Å². The van der Waals surface area contributed by atoms with E-state index in [2.05, 4.69) is 15.9 Å². The third-order valence-electron chi connectivity index (χ3n) is 2.59. The Morgan fingerprint density at radius 1 is 1.21 bits per heavy atom. The van der Waals surface area contributed by atoms with E-state index in [0.29, 0.717) is 11.4 Å². The van der Waals surface area contributed by atoms with Crippen LogP contribution in [-0.4, -0.2) is 11.1 Å². The molecule has 3 N–H and O–H groups in total. The number of hydrogen-bond acceptors (Lipinski definition) is 3. The zero-order chi connectivity index (χ0) is 14.0. The number of carboxylic acids is 1. The third kappa shape index (κ3) is 3.06. The molecule has 2 aromatic carbocycles. The number of rotatable bonds is 3. The Balaban J connectivity index is 2.40. The van der Waals surface area contributed by atoms with Gasteiger partial charge < -0.3 is 15.6 Å². The summed E-state index contributed by atoms with van der Waals surface area (Å²) in [4.78, 5) is 11.2. The molecule has 0 heterocycles. The van der Waals surface area contributed by atoms with Crippen molar-refractivity contribution in [1.29, 1.82) is 0 Å². The SMILES string of the molecule is Cc1cc(Br)ccc1Oc1ccc(N)cc1C(=O)O. The average Bonchev–Trinajstić information content (AvgIpc) is 2.34. The Morgan fingerprint density at radius 3 is 2.53 bits per heavy atom. The molecular weight excluding hydrogens is 310 g/mol. The van der Waals surface area contributed by atoms with Gasteiger partial charge in [-0.15, -0.1) is 0 Å². The molecule has 0 bridgehead atoms. The summed E-state index contributed by atoms with van der Waals surface area (Å²) in [6, 6.07) is 10.1. The second-order valence-corrected chi connectivity index (χ2v) is 4.99. The van der Waals surface area contributed by atoms with Crippen LogP contribution in [0.1, 0.15) is 15.9 Å². The van der Waals surface area contributed by atoms with Gasteiger partial charge in [0.2, 0.25) is 0 Å². The molecule has 0 spiro atoms. The van der Waals surface area contributed by atoms with Crippen LogP contribution in [0.4, 0.5) is 5.69 Å². The molecule has 0 aromatic heterocycles.